The molecule has 0 heterocycles. The van der Waals surface area contributed by atoms with Crippen molar-refractivity contribution < 1.29 is 13.5 Å². The molecule has 0 aromatic heterocycles. The van der Waals surface area contributed by atoms with Crippen LogP contribution in [0.4, 0.5) is 14.5 Å². The van der Waals surface area contributed by atoms with Crippen LogP contribution in [-0.2, 0) is 6.54 Å². The Balaban J connectivity index is 2.20. The van der Waals surface area contributed by atoms with Crippen molar-refractivity contribution in [2.75, 3.05) is 12.4 Å². The van der Waals surface area contributed by atoms with E-state index in [1.165, 1.54) is 6.07 Å². The Morgan fingerprint density at radius 3 is 2.50 bits per heavy atom. The van der Waals surface area contributed by atoms with Gasteiger partial charge in [-0.05, 0) is 40.2 Å². The van der Waals surface area contributed by atoms with Gasteiger partial charge in [-0.1, -0.05) is 15.9 Å². The Morgan fingerprint density at radius 1 is 1.10 bits per heavy atom. The number of benzene rings is 2. The molecule has 0 spiro atoms. The summed E-state index contributed by atoms with van der Waals surface area (Å²) in [6, 6.07) is 7.47. The summed E-state index contributed by atoms with van der Waals surface area (Å²) in [4.78, 5) is 0. The number of nitrogens with one attached hydrogen (secondary N) is 1. The van der Waals surface area contributed by atoms with Crippen LogP contribution in [0.15, 0.2) is 39.3 Å². The number of rotatable bonds is 4. The number of methoxy groups -OCH3 is 1. The van der Waals surface area contributed by atoms with E-state index < -0.39 is 11.6 Å². The Bertz CT molecular complexity index is 635. The first-order valence-corrected chi connectivity index (χ1v) is 7.30. The van der Waals surface area contributed by atoms with Gasteiger partial charge in [0.25, 0.3) is 0 Å². The van der Waals surface area contributed by atoms with Crippen molar-refractivity contribution in [3.05, 3.63) is 56.5 Å². The average molecular weight is 407 g/mol. The normalized spacial score (nSPS) is 10.4. The monoisotopic (exact) mass is 405 g/mol. The molecule has 0 unspecified atom stereocenters. The molecule has 0 aliphatic carbocycles. The second kappa shape index (κ2) is 6.54. The van der Waals surface area contributed by atoms with Crippen LogP contribution in [0.1, 0.15) is 5.56 Å². The first-order valence-electron chi connectivity index (χ1n) is 5.72. The van der Waals surface area contributed by atoms with E-state index in [0.717, 1.165) is 26.6 Å². The highest BCUT2D eigenvalue weighted by Crippen LogP contribution is 2.33. The Hall–Kier alpha value is -1.14. The van der Waals surface area contributed by atoms with E-state index in [4.69, 9.17) is 4.74 Å². The van der Waals surface area contributed by atoms with Gasteiger partial charge in [0.2, 0.25) is 0 Å². The molecule has 2 aromatic rings. The minimum Gasteiger partial charge on any atom is -0.495 e. The number of ether oxygens (including phenoxy) is 1. The third-order valence-electron chi connectivity index (χ3n) is 2.69. The summed E-state index contributed by atoms with van der Waals surface area (Å²) in [6.45, 7) is 0.423. The van der Waals surface area contributed by atoms with E-state index in [2.05, 4.69) is 37.2 Å². The van der Waals surface area contributed by atoms with Gasteiger partial charge < -0.3 is 10.1 Å². The second-order valence-corrected chi connectivity index (χ2v) is 5.83. The lowest BCUT2D eigenvalue weighted by molar-refractivity contribution is 0.407. The highest BCUT2D eigenvalue weighted by Gasteiger charge is 2.09. The molecule has 1 N–H and O–H groups in total. The number of anilines is 1. The van der Waals surface area contributed by atoms with E-state index in [9.17, 15) is 8.78 Å². The molecule has 0 aliphatic heterocycles. The fourth-order valence-corrected chi connectivity index (χ4v) is 3.25. The maximum atomic E-state index is 13.1. The smallest absolute Gasteiger partial charge is 0.160 e. The highest BCUT2D eigenvalue weighted by atomic mass is 79.9. The predicted octanol–water partition coefficient (Wildman–Crippen LogP) is 5.11. The molecule has 20 heavy (non-hydrogen) atoms. The highest BCUT2D eigenvalue weighted by molar-refractivity contribution is 9.11. The van der Waals surface area contributed by atoms with Crippen LogP contribution in [-0.4, -0.2) is 7.11 Å². The van der Waals surface area contributed by atoms with Crippen molar-refractivity contribution in [3.8, 4) is 5.75 Å². The largest absolute Gasteiger partial charge is 0.495 e. The zero-order valence-electron chi connectivity index (χ0n) is 10.5. The maximum Gasteiger partial charge on any atom is 0.160 e. The first-order chi connectivity index (χ1) is 9.51. The van der Waals surface area contributed by atoms with Gasteiger partial charge >= 0.3 is 0 Å². The summed E-state index contributed by atoms with van der Waals surface area (Å²) in [7, 11) is 1.58. The molecule has 0 radical (unpaired) electrons. The fraction of sp³-hybridized carbons (Fsp3) is 0.143. The van der Waals surface area contributed by atoms with Gasteiger partial charge in [-0.25, -0.2) is 8.78 Å². The van der Waals surface area contributed by atoms with Crippen molar-refractivity contribution >= 4 is 37.5 Å². The summed E-state index contributed by atoms with van der Waals surface area (Å²) in [5.41, 5.74) is 1.39. The Labute approximate surface area is 132 Å². The zero-order valence-corrected chi connectivity index (χ0v) is 13.7. The van der Waals surface area contributed by atoms with E-state index in [0.29, 0.717) is 18.0 Å². The van der Waals surface area contributed by atoms with Crippen molar-refractivity contribution in [1.82, 2.24) is 0 Å². The van der Waals surface area contributed by atoms with E-state index in [1.807, 2.05) is 12.1 Å². The SMILES string of the molecule is COc1c(Br)cc(Br)cc1CNc1ccc(F)c(F)c1. The summed E-state index contributed by atoms with van der Waals surface area (Å²) in [5.74, 6) is -1.04. The maximum absolute atomic E-state index is 13.1. The van der Waals surface area contributed by atoms with Gasteiger partial charge in [0.1, 0.15) is 5.75 Å². The summed E-state index contributed by atoms with van der Waals surface area (Å²) in [6.07, 6.45) is 0. The molecule has 0 bridgehead atoms. The van der Waals surface area contributed by atoms with E-state index in [-0.39, 0.29) is 0 Å². The molecule has 2 nitrogen and oxygen atoms in total. The summed E-state index contributed by atoms with van der Waals surface area (Å²) < 4.78 is 33.0. The van der Waals surface area contributed by atoms with Crippen molar-refractivity contribution in [2.45, 2.75) is 6.54 Å². The van der Waals surface area contributed by atoms with Gasteiger partial charge in [-0.15, -0.1) is 0 Å². The molecule has 6 heteroatoms. The standard InChI is InChI=1S/C14H11Br2F2NO/c1-20-14-8(4-9(15)5-11(14)16)7-19-10-2-3-12(17)13(18)6-10/h2-6,19H,7H2,1H3. The van der Waals surface area contributed by atoms with Crippen LogP contribution < -0.4 is 10.1 Å². The minimum atomic E-state index is -0.877. The fourth-order valence-electron chi connectivity index (χ4n) is 1.78. The molecule has 2 aromatic carbocycles. The zero-order chi connectivity index (χ0) is 14.7. The van der Waals surface area contributed by atoms with Gasteiger partial charge in [0.05, 0.1) is 11.6 Å². The first kappa shape index (κ1) is 15.3. The van der Waals surface area contributed by atoms with Crippen molar-refractivity contribution in [3.63, 3.8) is 0 Å². The van der Waals surface area contributed by atoms with E-state index in [1.54, 1.807) is 7.11 Å². The molecule has 0 aliphatic rings. The number of halogens is 4. The number of hydrogen-bond acceptors (Lipinski definition) is 2. The van der Waals surface area contributed by atoms with Crippen LogP contribution in [0.25, 0.3) is 0 Å². The van der Waals surface area contributed by atoms with Crippen LogP contribution in [0.2, 0.25) is 0 Å². The molecule has 0 atom stereocenters. The predicted molar refractivity (Wildman–Crippen MR) is 82.1 cm³/mol. The van der Waals surface area contributed by atoms with Gasteiger partial charge in [-0.2, -0.15) is 0 Å². The third kappa shape index (κ3) is 3.49. The van der Waals surface area contributed by atoms with Crippen molar-refractivity contribution in [1.29, 1.82) is 0 Å². The molecular formula is C14H11Br2F2NO. The quantitative estimate of drug-likeness (QED) is 0.761. The second-order valence-electron chi connectivity index (χ2n) is 4.06. The summed E-state index contributed by atoms with van der Waals surface area (Å²) in [5, 5.41) is 3.03. The lowest BCUT2D eigenvalue weighted by atomic mass is 10.2. The molecule has 0 fully saturated rings. The van der Waals surface area contributed by atoms with Gasteiger partial charge in [0, 0.05) is 28.3 Å². The molecule has 0 amide bonds. The van der Waals surface area contributed by atoms with Crippen molar-refractivity contribution in [2.24, 2.45) is 0 Å². The van der Waals surface area contributed by atoms with Gasteiger partial charge in [-0.3, -0.25) is 0 Å². The van der Waals surface area contributed by atoms with Crippen LogP contribution >= 0.6 is 31.9 Å². The lowest BCUT2D eigenvalue weighted by Gasteiger charge is -2.13. The molecule has 0 saturated carbocycles. The number of hydrogen-bond donors (Lipinski definition) is 1. The van der Waals surface area contributed by atoms with Gasteiger partial charge in [0.15, 0.2) is 11.6 Å². The van der Waals surface area contributed by atoms with Crippen LogP contribution in [0.3, 0.4) is 0 Å². The van der Waals surface area contributed by atoms with E-state index >= 15 is 0 Å². The summed E-state index contributed by atoms with van der Waals surface area (Å²) >= 11 is 6.81. The lowest BCUT2D eigenvalue weighted by Crippen LogP contribution is -2.03. The Morgan fingerprint density at radius 2 is 1.85 bits per heavy atom. The topological polar surface area (TPSA) is 21.3 Å². The third-order valence-corrected chi connectivity index (χ3v) is 3.74. The molecule has 0 saturated heterocycles. The molecule has 106 valence electrons. The molecular weight excluding hydrogens is 396 g/mol. The molecule has 2 rings (SSSR count). The van der Waals surface area contributed by atoms with Crippen LogP contribution in [0, 0.1) is 11.6 Å². The average Bonchev–Trinajstić information content (AvgIpc) is 2.39. The Kier molecular flexibility index (Phi) is 4.99. The van der Waals surface area contributed by atoms with Crippen LogP contribution in [0.5, 0.6) is 5.75 Å². The minimum absolute atomic E-state index is 0.423.